The zero-order chi connectivity index (χ0) is 13.3. The maximum atomic E-state index is 12.6. The highest BCUT2D eigenvalue weighted by molar-refractivity contribution is 7.91. The van der Waals surface area contributed by atoms with Crippen LogP contribution in [0.5, 0.6) is 0 Å². The molecule has 0 aromatic carbocycles. The topological polar surface area (TPSA) is 63.2 Å². The second-order valence-electron chi connectivity index (χ2n) is 3.85. The summed E-state index contributed by atoms with van der Waals surface area (Å²) in [6, 6.07) is -1.02. The van der Waals surface area contributed by atoms with Gasteiger partial charge in [0.2, 0.25) is 0 Å². The molecule has 0 aliphatic carbocycles. The Bertz CT molecular complexity index is 396. The molecular weight excluding hydrogens is 266 g/mol. The molecule has 0 radical (unpaired) electrons. The van der Waals surface area contributed by atoms with Gasteiger partial charge in [-0.3, -0.25) is 4.79 Å². The fourth-order valence-electron chi connectivity index (χ4n) is 1.52. The molecule has 4 nitrogen and oxygen atoms in total. The van der Waals surface area contributed by atoms with Gasteiger partial charge in [0.25, 0.3) is 5.91 Å². The Morgan fingerprint density at radius 3 is 2.41 bits per heavy atom. The average molecular weight is 277 g/mol. The molecule has 1 amide bonds. The Kier molecular flexibility index (Phi) is 4.00. The van der Waals surface area contributed by atoms with Gasteiger partial charge in [-0.1, -0.05) is 0 Å². The number of amides is 1. The van der Waals surface area contributed by atoms with E-state index in [1.165, 1.54) is 0 Å². The lowest BCUT2D eigenvalue weighted by Gasteiger charge is -2.25. The molecule has 0 spiro atoms. The minimum absolute atomic E-state index is 0.0788. The van der Waals surface area contributed by atoms with Crippen LogP contribution in [-0.2, 0) is 14.6 Å². The predicted molar refractivity (Wildman–Crippen MR) is 50.8 cm³/mol. The summed E-state index contributed by atoms with van der Waals surface area (Å²) in [4.78, 5) is 10.8. The minimum atomic E-state index is -4.79. The Morgan fingerprint density at radius 2 is 1.94 bits per heavy atom. The number of sulfone groups is 1. The SMILES string of the molecule is O=C(NC1CCCS(=O)(=O)C1)C(F)(F)C(F)F. The molecule has 0 aromatic heterocycles. The zero-order valence-corrected chi connectivity index (χ0v) is 9.44. The quantitative estimate of drug-likeness (QED) is 0.768. The molecule has 1 saturated heterocycles. The van der Waals surface area contributed by atoms with Crippen molar-refractivity contribution in [1.82, 2.24) is 5.32 Å². The van der Waals surface area contributed by atoms with Crippen molar-refractivity contribution < 1.29 is 30.8 Å². The highest BCUT2D eigenvalue weighted by Crippen LogP contribution is 2.23. The molecule has 1 heterocycles. The van der Waals surface area contributed by atoms with Crippen LogP contribution in [0.3, 0.4) is 0 Å². The van der Waals surface area contributed by atoms with Crippen LogP contribution in [-0.4, -0.2) is 44.2 Å². The Labute approximate surface area is 95.3 Å². The predicted octanol–water partition coefficient (Wildman–Crippen LogP) is 0.580. The van der Waals surface area contributed by atoms with Crippen LogP contribution in [0.15, 0.2) is 0 Å². The van der Waals surface area contributed by atoms with Crippen molar-refractivity contribution in [3.63, 3.8) is 0 Å². The molecule has 1 unspecified atom stereocenters. The second kappa shape index (κ2) is 4.79. The first kappa shape index (κ1) is 14.2. The van der Waals surface area contributed by atoms with E-state index in [4.69, 9.17) is 0 Å². The van der Waals surface area contributed by atoms with Crippen molar-refractivity contribution in [1.29, 1.82) is 0 Å². The summed E-state index contributed by atoms with van der Waals surface area (Å²) in [5, 5.41) is 1.65. The van der Waals surface area contributed by atoms with E-state index in [9.17, 15) is 30.8 Å². The van der Waals surface area contributed by atoms with Crippen molar-refractivity contribution in [2.45, 2.75) is 31.2 Å². The standard InChI is InChI=1S/C8H11F4NO3S/c9-6(10)8(11,12)7(14)13-5-2-1-3-17(15,16)4-5/h5-6H,1-4H2,(H,13,14). The third-order valence-electron chi connectivity index (χ3n) is 2.38. The van der Waals surface area contributed by atoms with Crippen LogP contribution < -0.4 is 5.32 Å². The number of carbonyl (C=O) groups is 1. The first-order valence-corrected chi connectivity index (χ1v) is 6.64. The molecule has 0 saturated carbocycles. The molecule has 9 heteroatoms. The zero-order valence-electron chi connectivity index (χ0n) is 8.63. The van der Waals surface area contributed by atoms with Crippen molar-refractivity contribution in [2.75, 3.05) is 11.5 Å². The minimum Gasteiger partial charge on any atom is -0.347 e. The highest BCUT2D eigenvalue weighted by atomic mass is 32.2. The molecule has 1 atom stereocenters. The van der Waals surface area contributed by atoms with Crippen LogP contribution in [0.1, 0.15) is 12.8 Å². The van der Waals surface area contributed by atoms with Crippen LogP contribution in [0.25, 0.3) is 0 Å². The van der Waals surface area contributed by atoms with E-state index in [2.05, 4.69) is 0 Å². The summed E-state index contributed by atoms with van der Waals surface area (Å²) in [6.07, 6.45) is -3.71. The van der Waals surface area contributed by atoms with E-state index < -0.39 is 39.9 Å². The maximum Gasteiger partial charge on any atom is 0.383 e. The van der Waals surface area contributed by atoms with Crippen LogP contribution >= 0.6 is 0 Å². The molecule has 0 bridgehead atoms. The van der Waals surface area contributed by atoms with Gasteiger partial charge in [-0.05, 0) is 12.8 Å². The Morgan fingerprint density at radius 1 is 1.35 bits per heavy atom. The molecule has 1 N–H and O–H groups in total. The number of halogens is 4. The third kappa shape index (κ3) is 3.55. The Hall–Kier alpha value is -0.860. The average Bonchev–Trinajstić information content (AvgIpc) is 2.15. The van der Waals surface area contributed by atoms with E-state index in [0.29, 0.717) is 0 Å². The summed E-state index contributed by atoms with van der Waals surface area (Å²) < 4.78 is 71.1. The summed E-state index contributed by atoms with van der Waals surface area (Å²) >= 11 is 0. The molecule has 1 rings (SSSR count). The van der Waals surface area contributed by atoms with Crippen molar-refractivity contribution in [3.05, 3.63) is 0 Å². The largest absolute Gasteiger partial charge is 0.383 e. The molecule has 1 aliphatic rings. The van der Waals surface area contributed by atoms with Crippen LogP contribution in [0.4, 0.5) is 17.6 Å². The van der Waals surface area contributed by atoms with Gasteiger partial charge in [0.15, 0.2) is 9.84 Å². The highest BCUT2D eigenvalue weighted by Gasteiger charge is 2.49. The third-order valence-corrected chi connectivity index (χ3v) is 4.20. The lowest BCUT2D eigenvalue weighted by molar-refractivity contribution is -0.170. The van der Waals surface area contributed by atoms with Gasteiger partial charge in [0.1, 0.15) is 0 Å². The number of hydrogen-bond acceptors (Lipinski definition) is 3. The number of nitrogens with one attached hydrogen (secondary N) is 1. The van der Waals surface area contributed by atoms with E-state index in [-0.39, 0.29) is 18.6 Å². The van der Waals surface area contributed by atoms with Crippen molar-refractivity contribution in [2.24, 2.45) is 0 Å². The van der Waals surface area contributed by atoms with E-state index in [1.54, 1.807) is 5.32 Å². The molecule has 1 fully saturated rings. The number of hydrogen-bond donors (Lipinski definition) is 1. The lowest BCUT2D eigenvalue weighted by atomic mass is 10.1. The van der Waals surface area contributed by atoms with Gasteiger partial charge < -0.3 is 5.32 Å². The van der Waals surface area contributed by atoms with Gasteiger partial charge in [-0.2, -0.15) is 8.78 Å². The van der Waals surface area contributed by atoms with Gasteiger partial charge in [-0.25, -0.2) is 17.2 Å². The molecule has 0 aromatic rings. The maximum absolute atomic E-state index is 12.6. The monoisotopic (exact) mass is 277 g/mol. The molecular formula is C8H11F4NO3S. The Balaban J connectivity index is 2.64. The van der Waals surface area contributed by atoms with Crippen molar-refractivity contribution in [3.8, 4) is 0 Å². The van der Waals surface area contributed by atoms with E-state index in [1.807, 2.05) is 0 Å². The number of rotatable bonds is 3. The molecule has 17 heavy (non-hydrogen) atoms. The molecule has 1 aliphatic heterocycles. The fourth-order valence-corrected chi connectivity index (χ4v) is 3.15. The van der Waals surface area contributed by atoms with Gasteiger partial charge in [0.05, 0.1) is 11.5 Å². The van der Waals surface area contributed by atoms with Gasteiger partial charge >= 0.3 is 12.3 Å². The van der Waals surface area contributed by atoms with E-state index in [0.717, 1.165) is 0 Å². The summed E-state index contributed by atoms with van der Waals surface area (Å²) in [6.45, 7) is 0. The normalized spacial score (nSPS) is 24.6. The first-order valence-electron chi connectivity index (χ1n) is 4.82. The van der Waals surface area contributed by atoms with Gasteiger partial charge in [-0.15, -0.1) is 0 Å². The summed E-state index contributed by atoms with van der Waals surface area (Å²) in [5.74, 6) is -7.49. The smallest absolute Gasteiger partial charge is 0.347 e. The van der Waals surface area contributed by atoms with Crippen LogP contribution in [0.2, 0.25) is 0 Å². The first-order chi connectivity index (χ1) is 7.65. The van der Waals surface area contributed by atoms with E-state index >= 15 is 0 Å². The number of alkyl halides is 4. The second-order valence-corrected chi connectivity index (χ2v) is 6.08. The lowest BCUT2D eigenvalue weighted by Crippen LogP contribution is -2.52. The van der Waals surface area contributed by atoms with Crippen molar-refractivity contribution >= 4 is 15.7 Å². The van der Waals surface area contributed by atoms with Gasteiger partial charge in [0, 0.05) is 6.04 Å². The number of carbonyl (C=O) groups excluding carboxylic acids is 1. The van der Waals surface area contributed by atoms with Crippen LogP contribution in [0, 0.1) is 0 Å². The fraction of sp³-hybridized carbons (Fsp3) is 0.875. The summed E-state index contributed by atoms with van der Waals surface area (Å²) in [5.41, 5.74) is 0. The molecule has 100 valence electrons. The summed E-state index contributed by atoms with van der Waals surface area (Å²) in [7, 11) is -3.39.